The summed E-state index contributed by atoms with van der Waals surface area (Å²) in [4.78, 5) is 0. The maximum atomic E-state index is 2.28. The van der Waals surface area contributed by atoms with Gasteiger partial charge in [-0.25, -0.2) is 0 Å². The third-order valence-corrected chi connectivity index (χ3v) is 3.97. The average molecular weight is 222 g/mol. The molecule has 0 saturated heterocycles. The van der Waals surface area contributed by atoms with Crippen LogP contribution in [-0.4, -0.2) is 0 Å². The van der Waals surface area contributed by atoms with Crippen molar-refractivity contribution in [1.82, 2.24) is 0 Å². The summed E-state index contributed by atoms with van der Waals surface area (Å²) in [5, 5.41) is 0. The molecule has 1 aliphatic rings. The molecule has 1 fully saturated rings. The van der Waals surface area contributed by atoms with E-state index in [9.17, 15) is 0 Å². The highest BCUT2D eigenvalue weighted by molar-refractivity contribution is 5.30. The normalized spacial score (nSPS) is 23.8. The SMILES string of the molecule is c1ccc(C2CCCC2c2ccccc2)cc1. The van der Waals surface area contributed by atoms with E-state index in [0.29, 0.717) is 0 Å². The average Bonchev–Trinajstić information content (AvgIpc) is 2.90. The van der Waals surface area contributed by atoms with Gasteiger partial charge in [-0.3, -0.25) is 0 Å². The lowest BCUT2D eigenvalue weighted by molar-refractivity contribution is 0.624. The molecule has 0 heterocycles. The van der Waals surface area contributed by atoms with Gasteiger partial charge >= 0.3 is 0 Å². The van der Waals surface area contributed by atoms with Crippen LogP contribution >= 0.6 is 0 Å². The molecule has 0 N–H and O–H groups in total. The molecule has 0 nitrogen and oxygen atoms in total. The quantitative estimate of drug-likeness (QED) is 0.688. The van der Waals surface area contributed by atoms with E-state index >= 15 is 0 Å². The van der Waals surface area contributed by atoms with Crippen molar-refractivity contribution >= 4 is 0 Å². The number of hydrogen-bond donors (Lipinski definition) is 0. The van der Waals surface area contributed by atoms with Gasteiger partial charge < -0.3 is 0 Å². The second kappa shape index (κ2) is 4.75. The van der Waals surface area contributed by atoms with Crippen LogP contribution in [0.3, 0.4) is 0 Å². The van der Waals surface area contributed by atoms with Gasteiger partial charge in [0.2, 0.25) is 0 Å². The van der Waals surface area contributed by atoms with Gasteiger partial charge in [-0.1, -0.05) is 67.1 Å². The van der Waals surface area contributed by atoms with Gasteiger partial charge in [0, 0.05) is 0 Å². The predicted molar refractivity (Wildman–Crippen MR) is 72.2 cm³/mol. The van der Waals surface area contributed by atoms with Crippen molar-refractivity contribution in [3.05, 3.63) is 71.8 Å². The highest BCUT2D eigenvalue weighted by Gasteiger charge is 2.29. The largest absolute Gasteiger partial charge is 0.0622 e. The third-order valence-electron chi connectivity index (χ3n) is 3.97. The van der Waals surface area contributed by atoms with E-state index in [4.69, 9.17) is 0 Å². The molecular formula is C17H18. The highest BCUT2D eigenvalue weighted by atomic mass is 14.3. The molecule has 0 heteroatoms. The van der Waals surface area contributed by atoms with Crippen LogP contribution < -0.4 is 0 Å². The molecule has 1 saturated carbocycles. The van der Waals surface area contributed by atoms with Crippen LogP contribution in [-0.2, 0) is 0 Å². The fourth-order valence-electron chi connectivity index (χ4n) is 3.16. The van der Waals surface area contributed by atoms with Crippen LogP contribution in [0.1, 0.15) is 42.2 Å². The van der Waals surface area contributed by atoms with Crippen molar-refractivity contribution in [1.29, 1.82) is 0 Å². The third kappa shape index (κ3) is 2.12. The first-order valence-corrected chi connectivity index (χ1v) is 6.55. The van der Waals surface area contributed by atoms with Crippen molar-refractivity contribution in [2.75, 3.05) is 0 Å². The Morgan fingerprint density at radius 3 is 1.41 bits per heavy atom. The summed E-state index contributed by atoms with van der Waals surface area (Å²) in [7, 11) is 0. The second-order valence-electron chi connectivity index (χ2n) is 4.97. The van der Waals surface area contributed by atoms with E-state index < -0.39 is 0 Å². The molecule has 2 atom stereocenters. The van der Waals surface area contributed by atoms with Gasteiger partial charge in [-0.2, -0.15) is 0 Å². The van der Waals surface area contributed by atoms with Crippen LogP contribution in [0.2, 0.25) is 0 Å². The zero-order valence-corrected chi connectivity index (χ0v) is 10.0. The first-order valence-electron chi connectivity index (χ1n) is 6.55. The zero-order chi connectivity index (χ0) is 11.5. The summed E-state index contributed by atoms with van der Waals surface area (Å²) in [6.45, 7) is 0. The van der Waals surface area contributed by atoms with E-state index in [-0.39, 0.29) is 0 Å². The van der Waals surface area contributed by atoms with Crippen LogP contribution in [0.25, 0.3) is 0 Å². The number of benzene rings is 2. The lowest BCUT2D eigenvalue weighted by Gasteiger charge is -2.20. The number of hydrogen-bond acceptors (Lipinski definition) is 0. The molecule has 0 aliphatic heterocycles. The summed E-state index contributed by atoms with van der Waals surface area (Å²) in [6, 6.07) is 22.0. The Morgan fingerprint density at radius 2 is 1.00 bits per heavy atom. The van der Waals surface area contributed by atoms with Crippen LogP contribution in [0, 0.1) is 0 Å². The molecule has 86 valence electrons. The van der Waals surface area contributed by atoms with Crippen molar-refractivity contribution in [3.8, 4) is 0 Å². The van der Waals surface area contributed by atoms with Gasteiger partial charge in [0.05, 0.1) is 0 Å². The van der Waals surface area contributed by atoms with Gasteiger partial charge in [0.25, 0.3) is 0 Å². The summed E-state index contributed by atoms with van der Waals surface area (Å²) in [6.07, 6.45) is 4.03. The second-order valence-corrected chi connectivity index (χ2v) is 4.97. The lowest BCUT2D eigenvalue weighted by atomic mass is 9.84. The molecule has 1 aliphatic carbocycles. The van der Waals surface area contributed by atoms with E-state index in [2.05, 4.69) is 60.7 Å². The minimum Gasteiger partial charge on any atom is -0.0622 e. The van der Waals surface area contributed by atoms with Gasteiger partial charge in [0.15, 0.2) is 0 Å². The fourth-order valence-corrected chi connectivity index (χ4v) is 3.16. The van der Waals surface area contributed by atoms with E-state index in [1.165, 1.54) is 30.4 Å². The molecule has 2 aromatic carbocycles. The Kier molecular flexibility index (Phi) is 2.96. The standard InChI is InChI=1S/C17H18/c1-3-8-14(9-4-1)16-12-7-13-17(16)15-10-5-2-6-11-15/h1-6,8-11,16-17H,7,12-13H2. The molecule has 0 amide bonds. The van der Waals surface area contributed by atoms with Crippen molar-refractivity contribution in [2.45, 2.75) is 31.1 Å². The summed E-state index contributed by atoms with van der Waals surface area (Å²) >= 11 is 0. The number of rotatable bonds is 2. The smallest absolute Gasteiger partial charge is 0.00931 e. The van der Waals surface area contributed by atoms with Gasteiger partial charge in [-0.05, 0) is 35.8 Å². The fraction of sp³-hybridized carbons (Fsp3) is 0.294. The molecule has 0 bridgehead atoms. The Hall–Kier alpha value is -1.56. The lowest BCUT2D eigenvalue weighted by Crippen LogP contribution is -2.04. The van der Waals surface area contributed by atoms with Gasteiger partial charge in [-0.15, -0.1) is 0 Å². The topological polar surface area (TPSA) is 0 Å². The predicted octanol–water partition coefficient (Wildman–Crippen LogP) is 4.74. The zero-order valence-electron chi connectivity index (χ0n) is 10.0. The minimum absolute atomic E-state index is 0.721. The van der Waals surface area contributed by atoms with Crippen LogP contribution in [0.4, 0.5) is 0 Å². The maximum absolute atomic E-state index is 2.28. The van der Waals surface area contributed by atoms with Crippen LogP contribution in [0.5, 0.6) is 0 Å². The van der Waals surface area contributed by atoms with E-state index in [1.54, 1.807) is 0 Å². The minimum atomic E-state index is 0.721. The molecule has 0 radical (unpaired) electrons. The first-order chi connectivity index (χ1) is 8.45. The molecule has 3 rings (SSSR count). The molecule has 17 heavy (non-hydrogen) atoms. The Labute approximate surface area is 103 Å². The van der Waals surface area contributed by atoms with E-state index in [0.717, 1.165) is 11.8 Å². The summed E-state index contributed by atoms with van der Waals surface area (Å²) in [5.41, 5.74) is 3.03. The summed E-state index contributed by atoms with van der Waals surface area (Å²) in [5.74, 6) is 1.44. The molecule has 0 aromatic heterocycles. The highest BCUT2D eigenvalue weighted by Crippen LogP contribution is 2.45. The Morgan fingerprint density at radius 1 is 0.588 bits per heavy atom. The molecule has 0 spiro atoms. The van der Waals surface area contributed by atoms with Crippen LogP contribution in [0.15, 0.2) is 60.7 Å². The first kappa shape index (κ1) is 10.6. The van der Waals surface area contributed by atoms with Crippen molar-refractivity contribution in [3.63, 3.8) is 0 Å². The maximum Gasteiger partial charge on any atom is -0.00931 e. The monoisotopic (exact) mass is 222 g/mol. The Balaban J connectivity index is 1.91. The Bertz CT molecular complexity index is 412. The molecule has 2 aromatic rings. The molecule has 2 unspecified atom stereocenters. The van der Waals surface area contributed by atoms with Crippen molar-refractivity contribution in [2.24, 2.45) is 0 Å². The van der Waals surface area contributed by atoms with Gasteiger partial charge in [0.1, 0.15) is 0 Å². The van der Waals surface area contributed by atoms with Crippen molar-refractivity contribution < 1.29 is 0 Å². The van der Waals surface area contributed by atoms with E-state index in [1.807, 2.05) is 0 Å². The summed E-state index contributed by atoms with van der Waals surface area (Å²) < 4.78 is 0. The molecular weight excluding hydrogens is 204 g/mol.